The van der Waals surface area contributed by atoms with E-state index in [4.69, 9.17) is 4.42 Å². The lowest BCUT2D eigenvalue weighted by molar-refractivity contribution is -0.136. The number of anilines is 1. The summed E-state index contributed by atoms with van der Waals surface area (Å²) in [5.74, 6) is -0.397. The second-order valence-electron chi connectivity index (χ2n) is 7.58. The Hall–Kier alpha value is -4.26. The van der Waals surface area contributed by atoms with Crippen molar-refractivity contribution in [3.8, 4) is 11.5 Å². The third-order valence-corrected chi connectivity index (χ3v) is 5.24. The summed E-state index contributed by atoms with van der Waals surface area (Å²) >= 11 is 0. The van der Waals surface area contributed by atoms with Gasteiger partial charge in [0.2, 0.25) is 11.8 Å². The zero-order chi connectivity index (χ0) is 23.0. The van der Waals surface area contributed by atoms with E-state index in [1.54, 1.807) is 31.2 Å². The Morgan fingerprint density at radius 1 is 0.818 bits per heavy atom. The SMILES string of the molecule is Cc1nnc(-c2ccc(NC(=O)C(=O)NCCC(c3ccccc3)c3ccccc3)cc2)o1. The Morgan fingerprint density at radius 3 is 1.97 bits per heavy atom. The van der Waals surface area contributed by atoms with Gasteiger partial charge < -0.3 is 15.1 Å². The molecule has 0 unspecified atom stereocenters. The van der Waals surface area contributed by atoms with Gasteiger partial charge in [0.15, 0.2) is 0 Å². The van der Waals surface area contributed by atoms with Gasteiger partial charge in [-0.15, -0.1) is 10.2 Å². The van der Waals surface area contributed by atoms with E-state index in [1.807, 2.05) is 36.4 Å². The van der Waals surface area contributed by atoms with Crippen molar-refractivity contribution in [1.29, 1.82) is 0 Å². The van der Waals surface area contributed by atoms with Crippen LogP contribution in [0.2, 0.25) is 0 Å². The molecular weight excluding hydrogens is 416 g/mol. The summed E-state index contributed by atoms with van der Waals surface area (Å²) in [4.78, 5) is 24.7. The van der Waals surface area contributed by atoms with Crippen molar-refractivity contribution in [2.75, 3.05) is 11.9 Å². The van der Waals surface area contributed by atoms with Crippen LogP contribution >= 0.6 is 0 Å². The maximum absolute atomic E-state index is 12.3. The number of amides is 2. The Kier molecular flexibility index (Phi) is 6.90. The average Bonchev–Trinajstić information content (AvgIpc) is 3.29. The van der Waals surface area contributed by atoms with E-state index in [2.05, 4.69) is 45.1 Å². The van der Waals surface area contributed by atoms with E-state index in [9.17, 15) is 9.59 Å². The first-order chi connectivity index (χ1) is 16.1. The first-order valence-electron chi connectivity index (χ1n) is 10.7. The van der Waals surface area contributed by atoms with Gasteiger partial charge in [-0.25, -0.2) is 0 Å². The van der Waals surface area contributed by atoms with Gasteiger partial charge in [-0.3, -0.25) is 9.59 Å². The second-order valence-corrected chi connectivity index (χ2v) is 7.58. The standard InChI is InChI=1S/C26H24N4O3/c1-18-29-30-26(33-18)21-12-14-22(15-13-21)28-25(32)24(31)27-17-16-23(19-8-4-2-5-9-19)20-10-6-3-7-11-20/h2-15,23H,16-17H2,1H3,(H,27,31)(H,28,32). The van der Waals surface area contributed by atoms with Crippen LogP contribution in [0.4, 0.5) is 5.69 Å². The molecule has 1 aromatic heterocycles. The smallest absolute Gasteiger partial charge is 0.313 e. The van der Waals surface area contributed by atoms with Crippen molar-refractivity contribution in [3.63, 3.8) is 0 Å². The zero-order valence-electron chi connectivity index (χ0n) is 18.2. The predicted octanol–water partition coefficient (Wildman–Crippen LogP) is 4.32. The van der Waals surface area contributed by atoms with E-state index >= 15 is 0 Å². The monoisotopic (exact) mass is 440 g/mol. The number of hydrogen-bond donors (Lipinski definition) is 2. The summed E-state index contributed by atoms with van der Waals surface area (Å²) in [7, 11) is 0. The molecule has 3 aromatic carbocycles. The first-order valence-corrected chi connectivity index (χ1v) is 10.7. The lowest BCUT2D eigenvalue weighted by Gasteiger charge is -2.18. The van der Waals surface area contributed by atoms with Gasteiger partial charge in [0.05, 0.1) is 0 Å². The van der Waals surface area contributed by atoms with Crippen LogP contribution in [0.15, 0.2) is 89.3 Å². The minimum Gasteiger partial charge on any atom is -0.421 e. The van der Waals surface area contributed by atoms with Crippen LogP contribution in [0.1, 0.15) is 29.4 Å². The van der Waals surface area contributed by atoms with Crippen LogP contribution in [0.3, 0.4) is 0 Å². The molecule has 7 nitrogen and oxygen atoms in total. The molecule has 0 aliphatic rings. The van der Waals surface area contributed by atoms with Crippen LogP contribution < -0.4 is 10.6 Å². The average molecular weight is 441 g/mol. The van der Waals surface area contributed by atoms with Crippen molar-refractivity contribution in [1.82, 2.24) is 15.5 Å². The normalized spacial score (nSPS) is 10.7. The maximum atomic E-state index is 12.3. The summed E-state index contributed by atoms with van der Waals surface area (Å²) < 4.78 is 5.38. The quantitative estimate of drug-likeness (QED) is 0.417. The molecule has 166 valence electrons. The van der Waals surface area contributed by atoms with Crippen LogP contribution in [0.5, 0.6) is 0 Å². The second kappa shape index (κ2) is 10.4. The molecule has 0 saturated heterocycles. The molecule has 33 heavy (non-hydrogen) atoms. The number of benzene rings is 3. The lowest BCUT2D eigenvalue weighted by atomic mass is 9.88. The number of carbonyl (C=O) groups is 2. The highest BCUT2D eigenvalue weighted by atomic mass is 16.4. The molecule has 0 saturated carbocycles. The third kappa shape index (κ3) is 5.71. The molecule has 0 bridgehead atoms. The number of nitrogens with zero attached hydrogens (tertiary/aromatic N) is 2. The number of aromatic nitrogens is 2. The minimum absolute atomic E-state index is 0.122. The molecule has 0 radical (unpaired) electrons. The van der Waals surface area contributed by atoms with E-state index in [1.165, 1.54) is 11.1 Å². The summed E-state index contributed by atoms with van der Waals surface area (Å²) in [6.45, 7) is 2.09. The highest BCUT2D eigenvalue weighted by Crippen LogP contribution is 2.27. The molecular formula is C26H24N4O3. The predicted molar refractivity (Wildman–Crippen MR) is 125 cm³/mol. The Balaban J connectivity index is 1.32. The van der Waals surface area contributed by atoms with E-state index in [-0.39, 0.29) is 5.92 Å². The van der Waals surface area contributed by atoms with Crippen molar-refractivity contribution in [2.45, 2.75) is 19.3 Å². The zero-order valence-corrected chi connectivity index (χ0v) is 18.2. The molecule has 0 spiro atoms. The number of nitrogens with one attached hydrogen (secondary N) is 2. The summed E-state index contributed by atoms with van der Waals surface area (Å²) in [6, 6.07) is 27.1. The number of aryl methyl sites for hydroxylation is 1. The molecule has 4 rings (SSSR count). The largest absolute Gasteiger partial charge is 0.421 e. The van der Waals surface area contributed by atoms with E-state index in [0.717, 1.165) is 5.56 Å². The van der Waals surface area contributed by atoms with Crippen LogP contribution in [0, 0.1) is 6.92 Å². The molecule has 2 amide bonds. The first kappa shape index (κ1) is 22.0. The van der Waals surface area contributed by atoms with E-state index in [0.29, 0.717) is 30.4 Å². The fourth-order valence-corrected chi connectivity index (χ4v) is 3.60. The van der Waals surface area contributed by atoms with Gasteiger partial charge in [0, 0.05) is 30.6 Å². The number of carbonyl (C=O) groups excluding carboxylic acids is 2. The molecule has 0 aliphatic heterocycles. The van der Waals surface area contributed by atoms with Crippen molar-refractivity contribution in [2.24, 2.45) is 0 Å². The van der Waals surface area contributed by atoms with Crippen LogP contribution in [0.25, 0.3) is 11.5 Å². The van der Waals surface area contributed by atoms with Gasteiger partial charge in [-0.2, -0.15) is 0 Å². The Morgan fingerprint density at radius 2 is 1.42 bits per heavy atom. The van der Waals surface area contributed by atoms with Gasteiger partial charge in [0.1, 0.15) is 0 Å². The number of rotatable bonds is 7. The lowest BCUT2D eigenvalue weighted by Crippen LogP contribution is -2.36. The molecule has 0 atom stereocenters. The molecule has 4 aromatic rings. The Bertz CT molecular complexity index is 1170. The molecule has 2 N–H and O–H groups in total. The molecule has 7 heteroatoms. The summed E-state index contributed by atoms with van der Waals surface area (Å²) in [5, 5.41) is 13.1. The molecule has 0 aliphatic carbocycles. The Labute approximate surface area is 191 Å². The minimum atomic E-state index is -0.715. The van der Waals surface area contributed by atoms with Crippen LogP contribution in [-0.2, 0) is 9.59 Å². The summed E-state index contributed by atoms with van der Waals surface area (Å²) in [5.41, 5.74) is 3.56. The molecule has 0 fully saturated rings. The van der Waals surface area contributed by atoms with Crippen molar-refractivity contribution in [3.05, 3.63) is 102 Å². The van der Waals surface area contributed by atoms with Crippen LogP contribution in [-0.4, -0.2) is 28.6 Å². The fraction of sp³-hybridized carbons (Fsp3) is 0.154. The number of hydrogen-bond acceptors (Lipinski definition) is 5. The van der Waals surface area contributed by atoms with Gasteiger partial charge in [-0.1, -0.05) is 60.7 Å². The van der Waals surface area contributed by atoms with E-state index < -0.39 is 11.8 Å². The highest BCUT2D eigenvalue weighted by molar-refractivity contribution is 6.39. The van der Waals surface area contributed by atoms with Crippen molar-refractivity contribution >= 4 is 17.5 Å². The van der Waals surface area contributed by atoms with Gasteiger partial charge in [0.25, 0.3) is 0 Å². The maximum Gasteiger partial charge on any atom is 0.313 e. The summed E-state index contributed by atoms with van der Waals surface area (Å²) in [6.07, 6.45) is 0.672. The third-order valence-electron chi connectivity index (χ3n) is 5.24. The van der Waals surface area contributed by atoms with Gasteiger partial charge >= 0.3 is 11.8 Å². The van der Waals surface area contributed by atoms with Crippen molar-refractivity contribution < 1.29 is 14.0 Å². The highest BCUT2D eigenvalue weighted by Gasteiger charge is 2.17. The topological polar surface area (TPSA) is 97.1 Å². The fourth-order valence-electron chi connectivity index (χ4n) is 3.60. The molecule has 1 heterocycles. The van der Waals surface area contributed by atoms with Gasteiger partial charge in [-0.05, 0) is 41.8 Å².